The van der Waals surface area contributed by atoms with Crippen LogP contribution in [0.5, 0.6) is 23.0 Å². The molecule has 0 aromatic heterocycles. The Hall–Kier alpha value is -3.18. The second-order valence-electron chi connectivity index (χ2n) is 6.25. The molecular formula is C22H18ClNO4. The van der Waals surface area contributed by atoms with Gasteiger partial charge in [-0.25, -0.2) is 0 Å². The van der Waals surface area contributed by atoms with Crippen molar-refractivity contribution >= 4 is 23.1 Å². The van der Waals surface area contributed by atoms with Crippen molar-refractivity contribution < 1.29 is 19.0 Å². The maximum Gasteiger partial charge on any atom is 0.231 e. The number of carbonyl (C=O) groups is 1. The summed E-state index contributed by atoms with van der Waals surface area (Å²) < 4.78 is 16.3. The van der Waals surface area contributed by atoms with Crippen LogP contribution in [0.4, 0.5) is 5.69 Å². The minimum Gasteiger partial charge on any atom is -0.457 e. The lowest BCUT2D eigenvalue weighted by molar-refractivity contribution is 0.0986. The molecule has 6 heteroatoms. The predicted octanol–water partition coefficient (Wildman–Crippen LogP) is 5.55. The monoisotopic (exact) mass is 395 g/mol. The van der Waals surface area contributed by atoms with Gasteiger partial charge in [0.25, 0.3) is 0 Å². The molecule has 0 atom stereocenters. The van der Waals surface area contributed by atoms with Crippen LogP contribution in [0.15, 0.2) is 66.7 Å². The summed E-state index contributed by atoms with van der Waals surface area (Å²) in [7, 11) is 0. The van der Waals surface area contributed by atoms with Crippen LogP contribution in [0, 0.1) is 0 Å². The molecule has 5 nitrogen and oxygen atoms in total. The lowest BCUT2D eigenvalue weighted by atomic mass is 10.1. The van der Waals surface area contributed by atoms with Crippen molar-refractivity contribution in [2.75, 3.05) is 18.7 Å². The number of hydrogen-bond donors (Lipinski definition) is 1. The van der Waals surface area contributed by atoms with Gasteiger partial charge >= 0.3 is 0 Å². The molecule has 3 aromatic carbocycles. The predicted molar refractivity (Wildman–Crippen MR) is 108 cm³/mol. The second-order valence-corrected chi connectivity index (χ2v) is 6.68. The van der Waals surface area contributed by atoms with Gasteiger partial charge in [0.15, 0.2) is 17.3 Å². The van der Waals surface area contributed by atoms with E-state index in [1.165, 1.54) is 0 Å². The van der Waals surface area contributed by atoms with E-state index in [-0.39, 0.29) is 12.6 Å². The normalized spacial score (nSPS) is 11.9. The van der Waals surface area contributed by atoms with Crippen molar-refractivity contribution in [1.29, 1.82) is 0 Å². The van der Waals surface area contributed by atoms with Crippen molar-refractivity contribution in [2.24, 2.45) is 0 Å². The molecule has 1 heterocycles. The van der Waals surface area contributed by atoms with Crippen LogP contribution in [-0.2, 0) is 0 Å². The SMILES string of the molecule is O=C(CCNc1ccc(Oc2ccc(Cl)cc2)cc1)c1ccc2c(c1)OCO2. The fourth-order valence-electron chi connectivity index (χ4n) is 2.81. The Morgan fingerprint density at radius 3 is 2.36 bits per heavy atom. The van der Waals surface area contributed by atoms with E-state index in [1.807, 2.05) is 36.4 Å². The Kier molecular flexibility index (Phi) is 5.35. The van der Waals surface area contributed by atoms with Gasteiger partial charge in [0.05, 0.1) is 0 Å². The van der Waals surface area contributed by atoms with Gasteiger partial charge in [0.2, 0.25) is 6.79 Å². The molecule has 1 aliphatic heterocycles. The third-order valence-corrected chi connectivity index (χ3v) is 4.53. The standard InChI is InChI=1S/C22H18ClNO4/c23-16-2-6-18(7-3-16)28-19-8-4-17(5-9-19)24-12-11-20(25)15-1-10-21-22(13-15)27-14-26-21/h1-10,13,24H,11-12,14H2. The van der Waals surface area contributed by atoms with Gasteiger partial charge in [-0.2, -0.15) is 0 Å². The summed E-state index contributed by atoms with van der Waals surface area (Å²) >= 11 is 5.87. The number of halogens is 1. The molecule has 0 fully saturated rings. The average Bonchev–Trinajstić information content (AvgIpc) is 3.19. The first kappa shape index (κ1) is 18.2. The van der Waals surface area contributed by atoms with Crippen LogP contribution in [0.25, 0.3) is 0 Å². The van der Waals surface area contributed by atoms with Gasteiger partial charge in [-0.05, 0) is 66.7 Å². The molecule has 0 bridgehead atoms. The van der Waals surface area contributed by atoms with Crippen LogP contribution in [0.1, 0.15) is 16.8 Å². The number of ether oxygens (including phenoxy) is 3. The number of carbonyl (C=O) groups excluding carboxylic acids is 1. The minimum absolute atomic E-state index is 0.0495. The Labute approximate surface area is 167 Å². The van der Waals surface area contributed by atoms with Crippen LogP contribution in [-0.4, -0.2) is 19.1 Å². The maximum absolute atomic E-state index is 12.4. The van der Waals surface area contributed by atoms with Crippen LogP contribution in [0.2, 0.25) is 5.02 Å². The number of hydrogen-bond acceptors (Lipinski definition) is 5. The summed E-state index contributed by atoms with van der Waals surface area (Å²) in [5.74, 6) is 2.79. The van der Waals surface area contributed by atoms with E-state index in [2.05, 4.69) is 5.32 Å². The molecule has 1 N–H and O–H groups in total. The van der Waals surface area contributed by atoms with Crippen molar-refractivity contribution in [3.8, 4) is 23.0 Å². The van der Waals surface area contributed by atoms with Crippen molar-refractivity contribution in [1.82, 2.24) is 0 Å². The summed E-state index contributed by atoms with van der Waals surface area (Å²) in [6, 6.07) is 20.0. The van der Waals surface area contributed by atoms with Crippen LogP contribution in [0.3, 0.4) is 0 Å². The molecule has 0 radical (unpaired) electrons. The third kappa shape index (κ3) is 4.38. The first-order valence-electron chi connectivity index (χ1n) is 8.87. The number of benzene rings is 3. The number of fused-ring (bicyclic) bond motifs is 1. The van der Waals surface area contributed by atoms with Crippen LogP contribution < -0.4 is 19.5 Å². The largest absolute Gasteiger partial charge is 0.457 e. The smallest absolute Gasteiger partial charge is 0.231 e. The van der Waals surface area contributed by atoms with Gasteiger partial charge in [-0.3, -0.25) is 4.79 Å². The number of rotatable bonds is 7. The van der Waals surface area contributed by atoms with E-state index < -0.39 is 0 Å². The molecule has 28 heavy (non-hydrogen) atoms. The lowest BCUT2D eigenvalue weighted by Gasteiger charge is -2.09. The zero-order valence-electron chi connectivity index (χ0n) is 15.0. The summed E-state index contributed by atoms with van der Waals surface area (Å²) in [4.78, 5) is 12.4. The molecule has 0 saturated carbocycles. The zero-order chi connectivity index (χ0) is 19.3. The fraction of sp³-hybridized carbons (Fsp3) is 0.136. The number of ketones is 1. The first-order chi connectivity index (χ1) is 13.7. The van der Waals surface area contributed by atoms with E-state index in [0.29, 0.717) is 35.1 Å². The molecule has 1 aliphatic rings. The van der Waals surface area contributed by atoms with Crippen molar-refractivity contribution in [3.63, 3.8) is 0 Å². The molecule has 0 amide bonds. The number of Topliss-reactive ketones (excluding diaryl/α,β-unsaturated/α-hetero) is 1. The molecule has 0 aliphatic carbocycles. The Morgan fingerprint density at radius 1 is 0.929 bits per heavy atom. The van der Waals surface area contributed by atoms with E-state index in [4.69, 9.17) is 25.8 Å². The second kappa shape index (κ2) is 8.23. The van der Waals surface area contributed by atoms with Crippen molar-refractivity contribution in [3.05, 3.63) is 77.3 Å². The quantitative estimate of drug-likeness (QED) is 0.532. The summed E-state index contributed by atoms with van der Waals surface area (Å²) in [6.07, 6.45) is 0.378. The summed E-state index contributed by atoms with van der Waals surface area (Å²) in [6.45, 7) is 0.733. The number of nitrogens with one attached hydrogen (secondary N) is 1. The highest BCUT2D eigenvalue weighted by molar-refractivity contribution is 6.30. The minimum atomic E-state index is 0.0495. The molecule has 4 rings (SSSR count). The highest BCUT2D eigenvalue weighted by Crippen LogP contribution is 2.32. The molecule has 0 saturated heterocycles. The van der Waals surface area contributed by atoms with E-state index >= 15 is 0 Å². The maximum atomic E-state index is 12.4. The molecule has 142 valence electrons. The van der Waals surface area contributed by atoms with Crippen molar-refractivity contribution in [2.45, 2.75) is 6.42 Å². The molecule has 0 spiro atoms. The Bertz CT molecular complexity index is 971. The van der Waals surface area contributed by atoms with Crippen LogP contribution >= 0.6 is 11.6 Å². The van der Waals surface area contributed by atoms with Gasteiger partial charge in [0.1, 0.15) is 11.5 Å². The number of anilines is 1. The van der Waals surface area contributed by atoms with Gasteiger partial charge in [-0.1, -0.05) is 11.6 Å². The Morgan fingerprint density at radius 2 is 1.61 bits per heavy atom. The zero-order valence-corrected chi connectivity index (χ0v) is 15.7. The van der Waals surface area contributed by atoms with E-state index in [0.717, 1.165) is 17.2 Å². The topological polar surface area (TPSA) is 56.8 Å². The lowest BCUT2D eigenvalue weighted by Crippen LogP contribution is -2.08. The molecule has 3 aromatic rings. The third-order valence-electron chi connectivity index (χ3n) is 4.28. The molecular weight excluding hydrogens is 378 g/mol. The summed E-state index contributed by atoms with van der Waals surface area (Å²) in [5, 5.41) is 3.92. The van der Waals surface area contributed by atoms with E-state index in [1.54, 1.807) is 30.3 Å². The average molecular weight is 396 g/mol. The van der Waals surface area contributed by atoms with Gasteiger partial charge in [0, 0.05) is 29.2 Å². The summed E-state index contributed by atoms with van der Waals surface area (Å²) in [5.41, 5.74) is 1.54. The highest BCUT2D eigenvalue weighted by atomic mass is 35.5. The highest BCUT2D eigenvalue weighted by Gasteiger charge is 2.15. The first-order valence-corrected chi connectivity index (χ1v) is 9.25. The van der Waals surface area contributed by atoms with E-state index in [9.17, 15) is 4.79 Å². The fourth-order valence-corrected chi connectivity index (χ4v) is 2.94. The van der Waals surface area contributed by atoms with Gasteiger partial charge in [-0.15, -0.1) is 0 Å². The Balaban J connectivity index is 1.28. The van der Waals surface area contributed by atoms with Gasteiger partial charge < -0.3 is 19.5 Å². The molecule has 0 unspecified atom stereocenters.